The molecule has 0 radical (unpaired) electrons. The molecular weight excluding hydrogens is 380 g/mol. The molecule has 0 amide bonds. The van der Waals surface area contributed by atoms with Crippen molar-refractivity contribution in [2.75, 3.05) is 6.61 Å². The Kier molecular flexibility index (Phi) is 6.24. The smallest absolute Gasteiger partial charge is 0.338 e. The second kappa shape index (κ2) is 8.17. The lowest BCUT2D eigenvalue weighted by molar-refractivity contribution is -0.136. The molecule has 2 aromatic carbocycles. The Morgan fingerprint density at radius 1 is 1.17 bits per heavy atom. The minimum absolute atomic E-state index is 0.0167. The summed E-state index contributed by atoms with van der Waals surface area (Å²) < 4.78 is 5.78. The van der Waals surface area contributed by atoms with Crippen molar-refractivity contribution in [2.45, 2.75) is 23.1 Å². The molecule has 0 saturated heterocycles. The van der Waals surface area contributed by atoms with E-state index in [0.29, 0.717) is 12.2 Å². The van der Waals surface area contributed by atoms with Gasteiger partial charge in [0.05, 0.1) is 18.6 Å². The quantitative estimate of drug-likeness (QED) is 0.735. The van der Waals surface area contributed by atoms with Crippen molar-refractivity contribution >= 4 is 39.6 Å². The zero-order chi connectivity index (χ0) is 16.8. The summed E-state index contributed by atoms with van der Waals surface area (Å²) in [5.74, 6) is -1.19. The number of carbonyl (C=O) groups excluding carboxylic acids is 1. The molecule has 6 heteroatoms. The minimum atomic E-state index is -0.845. The number of esters is 1. The van der Waals surface area contributed by atoms with Crippen LogP contribution >= 0.6 is 27.7 Å². The van der Waals surface area contributed by atoms with E-state index in [4.69, 9.17) is 9.84 Å². The predicted octanol–water partition coefficient (Wildman–Crippen LogP) is 4.40. The van der Waals surface area contributed by atoms with Gasteiger partial charge in [-0.1, -0.05) is 23.9 Å². The third-order valence-corrected chi connectivity index (χ3v) is 4.95. The summed E-state index contributed by atoms with van der Waals surface area (Å²) in [6.45, 7) is 2.11. The number of benzene rings is 2. The fourth-order valence-electron chi connectivity index (χ4n) is 1.90. The lowest BCUT2D eigenvalue weighted by Crippen LogP contribution is -2.04. The van der Waals surface area contributed by atoms with E-state index in [2.05, 4.69) is 15.9 Å². The lowest BCUT2D eigenvalue weighted by Gasteiger charge is -2.07. The molecule has 0 atom stereocenters. The van der Waals surface area contributed by atoms with Crippen LogP contribution < -0.4 is 0 Å². The Balaban J connectivity index is 2.11. The molecule has 0 spiro atoms. The highest BCUT2D eigenvalue weighted by Gasteiger charge is 2.10. The van der Waals surface area contributed by atoms with Gasteiger partial charge in [-0.25, -0.2) is 4.79 Å². The maximum Gasteiger partial charge on any atom is 0.338 e. The van der Waals surface area contributed by atoms with Gasteiger partial charge in [0.2, 0.25) is 0 Å². The van der Waals surface area contributed by atoms with E-state index in [-0.39, 0.29) is 12.4 Å². The van der Waals surface area contributed by atoms with E-state index in [1.807, 2.05) is 18.2 Å². The van der Waals surface area contributed by atoms with Gasteiger partial charge in [0, 0.05) is 14.3 Å². The molecule has 1 N–H and O–H groups in total. The van der Waals surface area contributed by atoms with Crippen molar-refractivity contribution in [2.24, 2.45) is 0 Å². The highest BCUT2D eigenvalue weighted by atomic mass is 79.9. The van der Waals surface area contributed by atoms with Gasteiger partial charge in [-0.2, -0.15) is 0 Å². The van der Waals surface area contributed by atoms with Crippen LogP contribution in [0.2, 0.25) is 0 Å². The number of carbonyl (C=O) groups is 2. The third-order valence-electron chi connectivity index (χ3n) is 2.95. The normalized spacial score (nSPS) is 10.3. The van der Waals surface area contributed by atoms with Crippen molar-refractivity contribution in [3.05, 3.63) is 58.1 Å². The lowest BCUT2D eigenvalue weighted by atomic mass is 10.2. The van der Waals surface area contributed by atoms with Crippen molar-refractivity contribution in [3.8, 4) is 0 Å². The van der Waals surface area contributed by atoms with Crippen LogP contribution in [0, 0.1) is 0 Å². The van der Waals surface area contributed by atoms with Crippen LogP contribution in [-0.4, -0.2) is 23.7 Å². The van der Waals surface area contributed by atoms with Gasteiger partial charge in [0.1, 0.15) is 0 Å². The standard InChI is InChI=1S/C17H15BrO4S/c1-2-22-17(21)12-5-8-15(14(18)10-12)23-13-6-3-11(4-7-13)9-16(19)20/h3-8,10H,2,9H2,1H3,(H,19,20). The maximum absolute atomic E-state index is 11.7. The molecular formula is C17H15BrO4S. The van der Waals surface area contributed by atoms with Gasteiger partial charge in [0.15, 0.2) is 0 Å². The zero-order valence-corrected chi connectivity index (χ0v) is 14.8. The molecule has 0 aliphatic carbocycles. The van der Waals surface area contributed by atoms with Crippen LogP contribution in [0.5, 0.6) is 0 Å². The molecule has 0 aliphatic rings. The number of ether oxygens (including phenoxy) is 1. The van der Waals surface area contributed by atoms with E-state index in [0.717, 1.165) is 19.8 Å². The van der Waals surface area contributed by atoms with Crippen LogP contribution in [0.1, 0.15) is 22.8 Å². The first-order chi connectivity index (χ1) is 11.0. The van der Waals surface area contributed by atoms with E-state index >= 15 is 0 Å². The Labute approximate surface area is 147 Å². The van der Waals surface area contributed by atoms with Crippen molar-refractivity contribution in [1.82, 2.24) is 0 Å². The number of carboxylic acids is 1. The number of hydrogen-bond acceptors (Lipinski definition) is 4. The Morgan fingerprint density at radius 2 is 1.87 bits per heavy atom. The second-order valence-corrected chi connectivity index (χ2v) is 6.65. The zero-order valence-electron chi connectivity index (χ0n) is 12.4. The molecule has 2 rings (SSSR count). The van der Waals surface area contributed by atoms with Gasteiger partial charge in [0.25, 0.3) is 0 Å². The van der Waals surface area contributed by atoms with E-state index in [1.165, 1.54) is 11.8 Å². The first kappa shape index (κ1) is 17.6. The topological polar surface area (TPSA) is 63.6 Å². The van der Waals surface area contributed by atoms with Gasteiger partial charge >= 0.3 is 11.9 Å². The summed E-state index contributed by atoms with van der Waals surface area (Å²) in [6, 6.07) is 12.7. The highest BCUT2D eigenvalue weighted by Crippen LogP contribution is 2.34. The SMILES string of the molecule is CCOC(=O)c1ccc(Sc2ccc(CC(=O)O)cc2)c(Br)c1. The fraction of sp³-hybridized carbons (Fsp3) is 0.176. The summed E-state index contributed by atoms with van der Waals surface area (Å²) >= 11 is 4.99. The molecule has 4 nitrogen and oxygen atoms in total. The number of carboxylic acid groups (broad SMARTS) is 1. The predicted molar refractivity (Wildman–Crippen MR) is 92.0 cm³/mol. The van der Waals surface area contributed by atoms with Crippen molar-refractivity contribution in [3.63, 3.8) is 0 Å². The summed E-state index contributed by atoms with van der Waals surface area (Å²) in [5, 5.41) is 8.77. The molecule has 0 fully saturated rings. The first-order valence-electron chi connectivity index (χ1n) is 6.95. The van der Waals surface area contributed by atoms with Gasteiger partial charge < -0.3 is 9.84 Å². The highest BCUT2D eigenvalue weighted by molar-refractivity contribution is 9.10. The molecule has 0 heterocycles. The average molecular weight is 395 g/mol. The average Bonchev–Trinajstić information content (AvgIpc) is 2.51. The number of halogens is 1. The summed E-state index contributed by atoms with van der Waals surface area (Å²) in [6.07, 6.45) is 0.0167. The molecule has 0 aromatic heterocycles. The number of rotatable bonds is 6. The molecule has 0 unspecified atom stereocenters. The fourth-order valence-corrected chi connectivity index (χ4v) is 3.34. The van der Waals surface area contributed by atoms with Gasteiger partial charge in [-0.05, 0) is 58.7 Å². The van der Waals surface area contributed by atoms with Crippen molar-refractivity contribution in [1.29, 1.82) is 0 Å². The largest absolute Gasteiger partial charge is 0.481 e. The minimum Gasteiger partial charge on any atom is -0.481 e. The monoisotopic (exact) mass is 394 g/mol. The number of hydrogen-bond donors (Lipinski definition) is 1. The van der Waals surface area contributed by atoms with Crippen LogP contribution in [0.15, 0.2) is 56.7 Å². The molecule has 23 heavy (non-hydrogen) atoms. The van der Waals surface area contributed by atoms with Crippen LogP contribution in [0.4, 0.5) is 0 Å². The van der Waals surface area contributed by atoms with E-state index in [1.54, 1.807) is 31.2 Å². The summed E-state index contributed by atoms with van der Waals surface area (Å²) in [4.78, 5) is 24.3. The summed E-state index contributed by atoms with van der Waals surface area (Å²) in [7, 11) is 0. The molecule has 120 valence electrons. The third kappa shape index (κ3) is 5.11. The Hall–Kier alpha value is -1.79. The van der Waals surface area contributed by atoms with Crippen molar-refractivity contribution < 1.29 is 19.4 Å². The molecule has 0 aliphatic heterocycles. The first-order valence-corrected chi connectivity index (χ1v) is 8.55. The van der Waals surface area contributed by atoms with Crippen LogP contribution in [0.3, 0.4) is 0 Å². The molecule has 2 aromatic rings. The Morgan fingerprint density at radius 3 is 2.43 bits per heavy atom. The molecule has 0 saturated carbocycles. The van der Waals surface area contributed by atoms with E-state index < -0.39 is 5.97 Å². The van der Waals surface area contributed by atoms with Gasteiger partial charge in [-0.15, -0.1) is 0 Å². The van der Waals surface area contributed by atoms with E-state index in [9.17, 15) is 9.59 Å². The summed E-state index contributed by atoms with van der Waals surface area (Å²) in [5.41, 5.74) is 1.26. The second-order valence-electron chi connectivity index (χ2n) is 4.68. The van der Waals surface area contributed by atoms with Gasteiger partial charge in [-0.3, -0.25) is 4.79 Å². The Bertz CT molecular complexity index is 713. The molecule has 0 bridgehead atoms. The van der Waals surface area contributed by atoms with Crippen LogP contribution in [0.25, 0.3) is 0 Å². The maximum atomic E-state index is 11.7. The van der Waals surface area contributed by atoms with Crippen LogP contribution in [-0.2, 0) is 16.0 Å². The number of aliphatic carboxylic acids is 1.